The van der Waals surface area contributed by atoms with E-state index >= 15 is 0 Å². The zero-order valence-electron chi connectivity index (χ0n) is 8.27. The van der Waals surface area contributed by atoms with E-state index < -0.39 is 15.1 Å². The van der Waals surface area contributed by atoms with E-state index in [9.17, 15) is 8.42 Å². The van der Waals surface area contributed by atoms with Crippen molar-refractivity contribution in [3.05, 3.63) is 0 Å². The van der Waals surface area contributed by atoms with Crippen LogP contribution in [0.4, 0.5) is 0 Å². The first-order valence-electron chi connectivity index (χ1n) is 4.83. The van der Waals surface area contributed by atoms with Crippen LogP contribution in [0.5, 0.6) is 0 Å². The minimum absolute atomic E-state index is 0.000926. The Morgan fingerprint density at radius 1 is 1.64 bits per heavy atom. The Labute approximate surface area is 84.8 Å². The summed E-state index contributed by atoms with van der Waals surface area (Å²) in [4.78, 5) is 0. The summed E-state index contributed by atoms with van der Waals surface area (Å²) in [6.45, 7) is 2.35. The van der Waals surface area contributed by atoms with Crippen molar-refractivity contribution in [2.24, 2.45) is 0 Å². The fraction of sp³-hybridized carbons (Fsp3) is 0.889. The number of ether oxygens (including phenoxy) is 1. The van der Waals surface area contributed by atoms with Gasteiger partial charge in [0.1, 0.15) is 5.25 Å². The van der Waals surface area contributed by atoms with E-state index in [0.29, 0.717) is 13.0 Å². The molecule has 1 fully saturated rings. The first kappa shape index (κ1) is 11.5. The lowest BCUT2D eigenvalue weighted by Crippen LogP contribution is -2.28. The average Bonchev–Trinajstić information content (AvgIpc) is 2.57. The highest BCUT2D eigenvalue weighted by Gasteiger charge is 2.29. The van der Waals surface area contributed by atoms with E-state index in [1.165, 1.54) is 0 Å². The molecule has 0 bridgehead atoms. The summed E-state index contributed by atoms with van der Waals surface area (Å²) < 4.78 is 28.5. The maximum absolute atomic E-state index is 11.6. The van der Waals surface area contributed by atoms with Gasteiger partial charge in [-0.05, 0) is 19.3 Å². The van der Waals surface area contributed by atoms with Gasteiger partial charge in [-0.1, -0.05) is 6.92 Å². The molecule has 1 heterocycles. The van der Waals surface area contributed by atoms with Gasteiger partial charge in [0.2, 0.25) is 0 Å². The van der Waals surface area contributed by atoms with Crippen LogP contribution in [0.3, 0.4) is 0 Å². The Kier molecular flexibility index (Phi) is 3.90. The molecular formula is C9H15NO3S. The van der Waals surface area contributed by atoms with Gasteiger partial charge in [0.25, 0.3) is 0 Å². The average molecular weight is 217 g/mol. The minimum atomic E-state index is -3.29. The molecule has 0 radical (unpaired) electrons. The van der Waals surface area contributed by atoms with Crippen LogP contribution >= 0.6 is 0 Å². The van der Waals surface area contributed by atoms with Crippen LogP contribution < -0.4 is 0 Å². The zero-order valence-corrected chi connectivity index (χ0v) is 9.09. The molecule has 2 unspecified atom stereocenters. The van der Waals surface area contributed by atoms with E-state index in [1.54, 1.807) is 6.92 Å². The maximum atomic E-state index is 11.6. The molecule has 0 N–H and O–H groups in total. The highest BCUT2D eigenvalue weighted by atomic mass is 32.2. The van der Waals surface area contributed by atoms with Gasteiger partial charge in [-0.2, -0.15) is 5.26 Å². The van der Waals surface area contributed by atoms with Gasteiger partial charge in [-0.25, -0.2) is 8.42 Å². The summed E-state index contributed by atoms with van der Waals surface area (Å²) in [5.74, 6) is -0.000926. The molecule has 1 aliphatic heterocycles. The predicted octanol–water partition coefficient (Wildman–Crippen LogP) is 0.882. The molecule has 14 heavy (non-hydrogen) atoms. The van der Waals surface area contributed by atoms with Gasteiger partial charge in [-0.3, -0.25) is 0 Å². The lowest BCUT2D eigenvalue weighted by molar-refractivity contribution is 0.127. The Balaban J connectivity index is 2.61. The molecule has 80 valence electrons. The van der Waals surface area contributed by atoms with Crippen molar-refractivity contribution in [3.63, 3.8) is 0 Å². The first-order valence-corrected chi connectivity index (χ1v) is 6.54. The molecule has 4 nitrogen and oxygen atoms in total. The topological polar surface area (TPSA) is 67.2 Å². The fourth-order valence-corrected chi connectivity index (χ4v) is 3.26. The van der Waals surface area contributed by atoms with Crippen molar-refractivity contribution in [3.8, 4) is 6.07 Å². The minimum Gasteiger partial charge on any atom is -0.377 e. The highest BCUT2D eigenvalue weighted by molar-refractivity contribution is 7.92. The standard InChI is InChI=1S/C9H15NO3S/c1-2-9(6-10)14(11,12)7-8-4-3-5-13-8/h8-9H,2-5,7H2,1H3. The molecule has 0 aromatic rings. The SMILES string of the molecule is CCC(C#N)S(=O)(=O)CC1CCCO1. The first-order chi connectivity index (χ1) is 6.60. The number of hydrogen-bond donors (Lipinski definition) is 0. The molecule has 0 aromatic carbocycles. The molecule has 1 rings (SSSR count). The molecule has 0 aromatic heterocycles. The molecule has 0 spiro atoms. The third-order valence-electron chi connectivity index (χ3n) is 2.39. The van der Waals surface area contributed by atoms with Crippen LogP contribution in [0.25, 0.3) is 0 Å². The van der Waals surface area contributed by atoms with Crippen molar-refractivity contribution in [2.45, 2.75) is 37.5 Å². The number of nitriles is 1. The van der Waals surface area contributed by atoms with Gasteiger partial charge in [0.15, 0.2) is 9.84 Å². The second-order valence-electron chi connectivity index (χ2n) is 3.49. The summed E-state index contributed by atoms with van der Waals surface area (Å²) in [6.07, 6.45) is 1.87. The van der Waals surface area contributed by atoms with E-state index in [4.69, 9.17) is 10.00 Å². The lowest BCUT2D eigenvalue weighted by Gasteiger charge is -2.12. The predicted molar refractivity (Wildman–Crippen MR) is 52.5 cm³/mol. The van der Waals surface area contributed by atoms with E-state index in [2.05, 4.69) is 0 Å². The van der Waals surface area contributed by atoms with E-state index in [-0.39, 0.29) is 11.9 Å². The quantitative estimate of drug-likeness (QED) is 0.701. The fourth-order valence-electron chi connectivity index (χ4n) is 1.58. The molecule has 1 saturated heterocycles. The van der Waals surface area contributed by atoms with Crippen molar-refractivity contribution in [1.82, 2.24) is 0 Å². The van der Waals surface area contributed by atoms with Gasteiger partial charge in [0, 0.05) is 6.61 Å². The van der Waals surface area contributed by atoms with Crippen molar-refractivity contribution in [1.29, 1.82) is 5.26 Å². The Morgan fingerprint density at radius 3 is 2.79 bits per heavy atom. The Morgan fingerprint density at radius 2 is 2.36 bits per heavy atom. The summed E-state index contributed by atoms with van der Waals surface area (Å²) in [5, 5.41) is 7.80. The van der Waals surface area contributed by atoms with Gasteiger partial charge < -0.3 is 4.74 Å². The molecule has 0 aliphatic carbocycles. The van der Waals surface area contributed by atoms with E-state index in [1.807, 2.05) is 6.07 Å². The summed E-state index contributed by atoms with van der Waals surface area (Å²) in [5.41, 5.74) is 0. The summed E-state index contributed by atoms with van der Waals surface area (Å²) in [6, 6.07) is 1.82. The maximum Gasteiger partial charge on any atom is 0.169 e. The largest absolute Gasteiger partial charge is 0.377 e. The molecule has 2 atom stereocenters. The second-order valence-corrected chi connectivity index (χ2v) is 5.72. The molecule has 5 heteroatoms. The molecule has 1 aliphatic rings. The van der Waals surface area contributed by atoms with Crippen LogP contribution in [0.1, 0.15) is 26.2 Å². The summed E-state index contributed by atoms with van der Waals surface area (Å²) in [7, 11) is -3.29. The third-order valence-corrected chi connectivity index (χ3v) is 4.53. The molecule has 0 amide bonds. The second kappa shape index (κ2) is 4.76. The van der Waals surface area contributed by atoms with Crippen LogP contribution in [0, 0.1) is 11.3 Å². The molecular weight excluding hydrogens is 202 g/mol. The van der Waals surface area contributed by atoms with Crippen molar-refractivity contribution >= 4 is 9.84 Å². The lowest BCUT2D eigenvalue weighted by atomic mass is 10.3. The summed E-state index contributed by atoms with van der Waals surface area (Å²) >= 11 is 0. The number of hydrogen-bond acceptors (Lipinski definition) is 4. The van der Waals surface area contributed by atoms with E-state index in [0.717, 1.165) is 12.8 Å². The highest BCUT2D eigenvalue weighted by Crippen LogP contribution is 2.17. The van der Waals surface area contributed by atoms with Gasteiger partial charge in [0.05, 0.1) is 17.9 Å². The van der Waals surface area contributed by atoms with Crippen molar-refractivity contribution < 1.29 is 13.2 Å². The Bertz CT molecular complexity index is 311. The third kappa shape index (κ3) is 2.69. The van der Waals surface area contributed by atoms with Crippen LogP contribution in [0.2, 0.25) is 0 Å². The zero-order chi connectivity index (χ0) is 10.6. The van der Waals surface area contributed by atoms with Gasteiger partial charge in [-0.15, -0.1) is 0 Å². The number of rotatable bonds is 4. The van der Waals surface area contributed by atoms with Crippen LogP contribution in [0.15, 0.2) is 0 Å². The smallest absolute Gasteiger partial charge is 0.169 e. The Hall–Kier alpha value is -0.600. The normalized spacial score (nSPS) is 24.4. The van der Waals surface area contributed by atoms with Crippen LogP contribution in [-0.4, -0.2) is 32.1 Å². The van der Waals surface area contributed by atoms with Crippen molar-refractivity contribution in [2.75, 3.05) is 12.4 Å². The molecule has 0 saturated carbocycles. The van der Waals surface area contributed by atoms with Crippen LogP contribution in [-0.2, 0) is 14.6 Å². The monoisotopic (exact) mass is 217 g/mol. The number of sulfone groups is 1. The van der Waals surface area contributed by atoms with Gasteiger partial charge >= 0.3 is 0 Å². The number of nitrogens with zero attached hydrogens (tertiary/aromatic N) is 1.